The Morgan fingerprint density at radius 3 is 3.22 bits per heavy atom. The summed E-state index contributed by atoms with van der Waals surface area (Å²) in [6, 6.07) is 7.37. The molecule has 0 aliphatic carbocycles. The minimum Gasteiger partial charge on any atom is -0.493 e. The van der Waals surface area contributed by atoms with Crippen LogP contribution in [0.5, 0.6) is 5.75 Å². The molecule has 0 radical (unpaired) electrons. The SMILES string of the molecule is CN(Cc1ccc2c(c1)CCCO2)C1CCNC1. The molecule has 0 aromatic heterocycles. The summed E-state index contributed by atoms with van der Waals surface area (Å²) in [5.74, 6) is 1.09. The third kappa shape index (κ3) is 2.52. The van der Waals surface area contributed by atoms with Crippen molar-refractivity contribution in [3.05, 3.63) is 29.3 Å². The van der Waals surface area contributed by atoms with Gasteiger partial charge in [-0.1, -0.05) is 12.1 Å². The topological polar surface area (TPSA) is 24.5 Å². The molecule has 3 heteroatoms. The molecule has 2 aliphatic rings. The van der Waals surface area contributed by atoms with Crippen LogP contribution < -0.4 is 10.1 Å². The van der Waals surface area contributed by atoms with Gasteiger partial charge in [-0.15, -0.1) is 0 Å². The van der Waals surface area contributed by atoms with E-state index in [9.17, 15) is 0 Å². The summed E-state index contributed by atoms with van der Waals surface area (Å²) in [5, 5.41) is 3.43. The summed E-state index contributed by atoms with van der Waals surface area (Å²) in [4.78, 5) is 2.46. The van der Waals surface area contributed by atoms with Crippen LogP contribution in [0.3, 0.4) is 0 Å². The Morgan fingerprint density at radius 1 is 1.44 bits per heavy atom. The van der Waals surface area contributed by atoms with Crippen molar-refractivity contribution < 1.29 is 4.74 Å². The molecule has 1 fully saturated rings. The van der Waals surface area contributed by atoms with Crippen molar-refractivity contribution in [2.75, 3.05) is 26.7 Å². The number of likely N-dealkylation sites (N-methyl/N-ethyl adjacent to an activating group) is 1. The highest BCUT2D eigenvalue weighted by atomic mass is 16.5. The minimum absolute atomic E-state index is 0.692. The van der Waals surface area contributed by atoms with Gasteiger partial charge in [0.15, 0.2) is 0 Å². The normalized spacial score (nSPS) is 22.9. The van der Waals surface area contributed by atoms with Crippen LogP contribution in [-0.4, -0.2) is 37.7 Å². The van der Waals surface area contributed by atoms with E-state index in [4.69, 9.17) is 4.74 Å². The minimum atomic E-state index is 0.692. The van der Waals surface area contributed by atoms with Crippen molar-refractivity contribution >= 4 is 0 Å². The summed E-state index contributed by atoms with van der Waals surface area (Å²) >= 11 is 0. The molecule has 0 bridgehead atoms. The fourth-order valence-electron chi connectivity index (χ4n) is 2.94. The molecule has 2 aliphatic heterocycles. The molecule has 1 N–H and O–H groups in total. The maximum Gasteiger partial charge on any atom is 0.122 e. The molecule has 3 nitrogen and oxygen atoms in total. The van der Waals surface area contributed by atoms with Gasteiger partial charge in [-0.25, -0.2) is 0 Å². The number of ether oxygens (including phenoxy) is 1. The zero-order chi connectivity index (χ0) is 12.4. The van der Waals surface area contributed by atoms with Crippen LogP contribution >= 0.6 is 0 Å². The number of aryl methyl sites for hydroxylation is 1. The first-order valence-electron chi connectivity index (χ1n) is 6.98. The quantitative estimate of drug-likeness (QED) is 0.880. The Bertz CT molecular complexity index is 413. The van der Waals surface area contributed by atoms with Gasteiger partial charge in [0.1, 0.15) is 5.75 Å². The summed E-state index contributed by atoms with van der Waals surface area (Å²) in [6.45, 7) is 4.21. The molecular weight excluding hydrogens is 224 g/mol. The molecule has 1 saturated heterocycles. The van der Waals surface area contributed by atoms with Crippen LogP contribution in [0.1, 0.15) is 24.0 Å². The molecule has 1 aromatic rings. The Hall–Kier alpha value is -1.06. The van der Waals surface area contributed by atoms with Crippen molar-refractivity contribution in [3.63, 3.8) is 0 Å². The Morgan fingerprint density at radius 2 is 2.39 bits per heavy atom. The van der Waals surface area contributed by atoms with E-state index >= 15 is 0 Å². The molecule has 2 heterocycles. The van der Waals surface area contributed by atoms with E-state index < -0.39 is 0 Å². The molecule has 0 saturated carbocycles. The Labute approximate surface area is 109 Å². The van der Waals surface area contributed by atoms with Gasteiger partial charge in [-0.2, -0.15) is 0 Å². The third-order valence-electron chi connectivity index (χ3n) is 4.06. The number of nitrogens with one attached hydrogen (secondary N) is 1. The van der Waals surface area contributed by atoms with E-state index in [-0.39, 0.29) is 0 Å². The van der Waals surface area contributed by atoms with E-state index in [2.05, 4.69) is 35.5 Å². The number of nitrogens with zero attached hydrogens (tertiary/aromatic N) is 1. The smallest absolute Gasteiger partial charge is 0.122 e. The number of hydrogen-bond acceptors (Lipinski definition) is 3. The number of benzene rings is 1. The molecule has 1 atom stereocenters. The maximum absolute atomic E-state index is 5.66. The lowest BCUT2D eigenvalue weighted by molar-refractivity contribution is 0.248. The van der Waals surface area contributed by atoms with Gasteiger partial charge in [-0.3, -0.25) is 4.90 Å². The first-order valence-corrected chi connectivity index (χ1v) is 6.98. The van der Waals surface area contributed by atoms with Gasteiger partial charge >= 0.3 is 0 Å². The molecule has 98 valence electrons. The lowest BCUT2D eigenvalue weighted by atomic mass is 10.0. The lowest BCUT2D eigenvalue weighted by Crippen LogP contribution is -2.32. The van der Waals surface area contributed by atoms with Gasteiger partial charge in [0.05, 0.1) is 6.61 Å². The average molecular weight is 246 g/mol. The largest absolute Gasteiger partial charge is 0.493 e. The lowest BCUT2D eigenvalue weighted by Gasteiger charge is -2.24. The predicted molar refractivity (Wildman–Crippen MR) is 73.0 cm³/mol. The number of rotatable bonds is 3. The highest BCUT2D eigenvalue weighted by molar-refractivity contribution is 5.38. The monoisotopic (exact) mass is 246 g/mol. The van der Waals surface area contributed by atoms with Crippen molar-refractivity contribution in [2.45, 2.75) is 31.8 Å². The van der Waals surface area contributed by atoms with E-state index in [1.165, 1.54) is 17.5 Å². The number of fused-ring (bicyclic) bond motifs is 1. The van der Waals surface area contributed by atoms with Crippen LogP contribution in [0.4, 0.5) is 0 Å². The Kier molecular flexibility index (Phi) is 3.52. The zero-order valence-corrected chi connectivity index (χ0v) is 11.1. The van der Waals surface area contributed by atoms with Crippen LogP contribution in [0.15, 0.2) is 18.2 Å². The highest BCUT2D eigenvalue weighted by Gasteiger charge is 2.19. The van der Waals surface area contributed by atoms with E-state index in [0.717, 1.165) is 44.8 Å². The summed E-state index contributed by atoms with van der Waals surface area (Å²) < 4.78 is 5.66. The second kappa shape index (κ2) is 5.29. The van der Waals surface area contributed by atoms with Crippen molar-refractivity contribution in [1.29, 1.82) is 0 Å². The molecule has 3 rings (SSSR count). The fourth-order valence-corrected chi connectivity index (χ4v) is 2.94. The van der Waals surface area contributed by atoms with Crippen molar-refractivity contribution in [2.24, 2.45) is 0 Å². The standard InChI is InChI=1S/C15H22N2O/c1-17(14-6-7-16-10-14)11-12-4-5-15-13(9-12)3-2-8-18-15/h4-5,9,14,16H,2-3,6-8,10-11H2,1H3. The summed E-state index contributed by atoms with van der Waals surface area (Å²) in [6.07, 6.45) is 3.58. The maximum atomic E-state index is 5.66. The van der Waals surface area contributed by atoms with Crippen LogP contribution in [-0.2, 0) is 13.0 Å². The molecular formula is C15H22N2O. The van der Waals surface area contributed by atoms with Gasteiger partial charge in [0.2, 0.25) is 0 Å². The van der Waals surface area contributed by atoms with E-state index in [1.807, 2.05) is 0 Å². The highest BCUT2D eigenvalue weighted by Crippen LogP contribution is 2.26. The number of hydrogen-bond donors (Lipinski definition) is 1. The van der Waals surface area contributed by atoms with Crippen LogP contribution in [0.2, 0.25) is 0 Å². The average Bonchev–Trinajstić information content (AvgIpc) is 2.92. The van der Waals surface area contributed by atoms with Gasteiger partial charge in [-0.05, 0) is 50.0 Å². The molecule has 18 heavy (non-hydrogen) atoms. The summed E-state index contributed by atoms with van der Waals surface area (Å²) in [7, 11) is 2.23. The summed E-state index contributed by atoms with van der Waals surface area (Å²) in [5.41, 5.74) is 2.80. The Balaban J connectivity index is 1.68. The van der Waals surface area contributed by atoms with E-state index in [0.29, 0.717) is 6.04 Å². The van der Waals surface area contributed by atoms with Crippen molar-refractivity contribution in [1.82, 2.24) is 10.2 Å². The molecule has 1 unspecified atom stereocenters. The predicted octanol–water partition coefficient (Wildman–Crippen LogP) is 1.81. The van der Waals surface area contributed by atoms with Gasteiger partial charge < -0.3 is 10.1 Å². The van der Waals surface area contributed by atoms with Crippen LogP contribution in [0.25, 0.3) is 0 Å². The molecule has 0 amide bonds. The fraction of sp³-hybridized carbons (Fsp3) is 0.600. The van der Waals surface area contributed by atoms with E-state index in [1.54, 1.807) is 0 Å². The molecule has 0 spiro atoms. The van der Waals surface area contributed by atoms with Gasteiger partial charge in [0.25, 0.3) is 0 Å². The van der Waals surface area contributed by atoms with Crippen molar-refractivity contribution in [3.8, 4) is 5.75 Å². The third-order valence-corrected chi connectivity index (χ3v) is 4.06. The van der Waals surface area contributed by atoms with Gasteiger partial charge in [0, 0.05) is 19.1 Å². The zero-order valence-electron chi connectivity index (χ0n) is 11.1. The van der Waals surface area contributed by atoms with Crippen LogP contribution in [0, 0.1) is 0 Å². The second-order valence-corrected chi connectivity index (χ2v) is 5.46. The molecule has 1 aromatic carbocycles. The first-order chi connectivity index (χ1) is 8.83. The first kappa shape index (κ1) is 12.0. The second-order valence-electron chi connectivity index (χ2n) is 5.46.